The summed E-state index contributed by atoms with van der Waals surface area (Å²) in [6, 6.07) is 13.2. The van der Waals surface area contributed by atoms with Crippen LogP contribution in [0.1, 0.15) is 42.9 Å². The highest BCUT2D eigenvalue weighted by atomic mass is 32.2. The van der Waals surface area contributed by atoms with Crippen molar-refractivity contribution in [2.45, 2.75) is 40.0 Å². The molecule has 0 bridgehead atoms. The Morgan fingerprint density at radius 3 is 2.26 bits per heavy atom. The maximum absolute atomic E-state index is 12.5. The Labute approximate surface area is 162 Å². The van der Waals surface area contributed by atoms with Gasteiger partial charge in [0.1, 0.15) is 0 Å². The second kappa shape index (κ2) is 8.57. The van der Waals surface area contributed by atoms with Crippen LogP contribution in [-0.2, 0) is 14.8 Å². The third-order valence-corrected chi connectivity index (χ3v) is 5.65. The lowest BCUT2D eigenvalue weighted by Gasteiger charge is -2.23. The van der Waals surface area contributed by atoms with E-state index in [1.807, 2.05) is 44.2 Å². The average Bonchev–Trinajstić information content (AvgIpc) is 2.57. The minimum atomic E-state index is -3.48. The van der Waals surface area contributed by atoms with Crippen LogP contribution >= 0.6 is 0 Å². The maximum Gasteiger partial charge on any atom is 0.232 e. The Bertz CT molecular complexity index is 904. The number of carbonyl (C=O) groups excluding carboxylic acids is 1. The van der Waals surface area contributed by atoms with Gasteiger partial charge < -0.3 is 5.32 Å². The van der Waals surface area contributed by atoms with E-state index >= 15 is 0 Å². The lowest BCUT2D eigenvalue weighted by Crippen LogP contribution is -2.33. The minimum absolute atomic E-state index is 0.0762. The second-order valence-electron chi connectivity index (χ2n) is 7.16. The predicted molar refractivity (Wildman–Crippen MR) is 112 cm³/mol. The van der Waals surface area contributed by atoms with Crippen LogP contribution in [0.3, 0.4) is 0 Å². The van der Waals surface area contributed by atoms with Crippen LogP contribution in [0.15, 0.2) is 42.5 Å². The molecule has 0 atom stereocenters. The van der Waals surface area contributed by atoms with E-state index in [1.165, 1.54) is 4.31 Å². The fraction of sp³-hybridized carbons (Fsp3) is 0.381. The molecule has 0 aromatic heterocycles. The zero-order valence-corrected chi connectivity index (χ0v) is 17.4. The number of hydrogen-bond donors (Lipinski definition) is 1. The number of aryl methyl sites for hydroxylation is 2. The molecule has 0 radical (unpaired) electrons. The van der Waals surface area contributed by atoms with E-state index in [2.05, 4.69) is 19.2 Å². The van der Waals surface area contributed by atoms with E-state index in [0.29, 0.717) is 5.69 Å². The van der Waals surface area contributed by atoms with Crippen LogP contribution in [-0.4, -0.2) is 27.1 Å². The summed E-state index contributed by atoms with van der Waals surface area (Å²) in [6.07, 6.45) is 1.23. The molecule has 2 rings (SSSR count). The normalized spacial score (nSPS) is 11.5. The number of rotatable bonds is 7. The van der Waals surface area contributed by atoms with E-state index in [4.69, 9.17) is 0 Å². The van der Waals surface area contributed by atoms with Crippen molar-refractivity contribution in [3.05, 3.63) is 59.2 Å². The zero-order chi connectivity index (χ0) is 20.2. The summed E-state index contributed by atoms with van der Waals surface area (Å²) in [6.45, 7) is 8.14. The monoisotopic (exact) mass is 388 g/mol. The summed E-state index contributed by atoms with van der Waals surface area (Å²) < 4.78 is 25.6. The van der Waals surface area contributed by atoms with Crippen LogP contribution in [0, 0.1) is 13.8 Å². The third-order valence-electron chi connectivity index (χ3n) is 4.46. The van der Waals surface area contributed by atoms with Crippen molar-refractivity contribution in [3.8, 4) is 0 Å². The molecule has 2 aromatic carbocycles. The number of nitrogens with zero attached hydrogens (tertiary/aromatic N) is 1. The lowest BCUT2D eigenvalue weighted by molar-refractivity contribution is -0.116. The lowest BCUT2D eigenvalue weighted by atomic mass is 9.98. The van der Waals surface area contributed by atoms with E-state index in [-0.39, 0.29) is 24.8 Å². The highest BCUT2D eigenvalue weighted by molar-refractivity contribution is 7.92. The Morgan fingerprint density at radius 2 is 1.70 bits per heavy atom. The van der Waals surface area contributed by atoms with E-state index in [0.717, 1.165) is 28.6 Å². The molecule has 27 heavy (non-hydrogen) atoms. The van der Waals surface area contributed by atoms with Crippen molar-refractivity contribution in [2.75, 3.05) is 22.4 Å². The molecule has 0 heterocycles. The van der Waals surface area contributed by atoms with Crippen LogP contribution in [0.25, 0.3) is 0 Å². The molecular weight excluding hydrogens is 360 g/mol. The number of carbonyl (C=O) groups is 1. The average molecular weight is 389 g/mol. The molecule has 0 aliphatic rings. The fourth-order valence-corrected chi connectivity index (χ4v) is 3.87. The summed E-state index contributed by atoms with van der Waals surface area (Å²) >= 11 is 0. The number of sulfonamides is 1. The first kappa shape index (κ1) is 21.0. The quantitative estimate of drug-likeness (QED) is 0.772. The number of hydrogen-bond acceptors (Lipinski definition) is 3. The van der Waals surface area contributed by atoms with Crippen LogP contribution in [0.5, 0.6) is 0 Å². The van der Waals surface area contributed by atoms with Crippen LogP contribution in [0.4, 0.5) is 11.4 Å². The van der Waals surface area contributed by atoms with Crippen LogP contribution in [0.2, 0.25) is 0 Å². The van der Waals surface area contributed by atoms with Crippen molar-refractivity contribution in [3.63, 3.8) is 0 Å². The molecule has 0 fully saturated rings. The van der Waals surface area contributed by atoms with Crippen LogP contribution < -0.4 is 9.62 Å². The Morgan fingerprint density at radius 1 is 1.07 bits per heavy atom. The van der Waals surface area contributed by atoms with Crippen molar-refractivity contribution in [2.24, 2.45) is 0 Å². The van der Waals surface area contributed by atoms with Gasteiger partial charge in [0.2, 0.25) is 15.9 Å². The van der Waals surface area contributed by atoms with Gasteiger partial charge in [-0.05, 0) is 43.0 Å². The fourth-order valence-electron chi connectivity index (χ4n) is 2.94. The summed E-state index contributed by atoms with van der Waals surface area (Å²) in [5.41, 5.74) is 4.49. The number of nitrogens with one attached hydrogen (secondary N) is 1. The third kappa shape index (κ3) is 5.57. The molecule has 2 aromatic rings. The second-order valence-corrected chi connectivity index (χ2v) is 9.07. The summed E-state index contributed by atoms with van der Waals surface area (Å²) in [4.78, 5) is 12.5. The predicted octanol–water partition coefficient (Wildman–Crippen LogP) is 4.22. The van der Waals surface area contributed by atoms with Gasteiger partial charge in [-0.25, -0.2) is 8.42 Å². The number of amides is 1. The molecule has 1 N–H and O–H groups in total. The highest BCUT2D eigenvalue weighted by Gasteiger charge is 2.19. The maximum atomic E-state index is 12.5. The van der Waals surface area contributed by atoms with Gasteiger partial charge in [-0.2, -0.15) is 0 Å². The number of anilines is 2. The molecular formula is C21H28N2O3S. The summed E-state index contributed by atoms with van der Waals surface area (Å²) in [5, 5.41) is 2.97. The molecule has 0 unspecified atom stereocenters. The molecule has 146 valence electrons. The molecule has 0 saturated heterocycles. The van der Waals surface area contributed by atoms with E-state index < -0.39 is 10.0 Å². The minimum Gasteiger partial charge on any atom is -0.326 e. The van der Waals surface area contributed by atoms with E-state index in [1.54, 1.807) is 12.1 Å². The van der Waals surface area contributed by atoms with E-state index in [9.17, 15) is 13.2 Å². The van der Waals surface area contributed by atoms with Gasteiger partial charge in [0, 0.05) is 18.7 Å². The largest absolute Gasteiger partial charge is 0.326 e. The van der Waals surface area contributed by atoms with Gasteiger partial charge in [-0.15, -0.1) is 0 Å². The highest BCUT2D eigenvalue weighted by Crippen LogP contribution is 2.27. The van der Waals surface area contributed by atoms with Gasteiger partial charge in [0.15, 0.2) is 0 Å². The van der Waals surface area contributed by atoms with Crippen molar-refractivity contribution < 1.29 is 13.2 Å². The summed E-state index contributed by atoms with van der Waals surface area (Å²) in [7, 11) is -3.48. The van der Waals surface area contributed by atoms with Gasteiger partial charge in [0.25, 0.3) is 0 Å². The Hall–Kier alpha value is -2.34. The smallest absolute Gasteiger partial charge is 0.232 e. The van der Waals surface area contributed by atoms with Gasteiger partial charge >= 0.3 is 0 Å². The first-order valence-corrected chi connectivity index (χ1v) is 10.9. The molecule has 0 spiro atoms. The number of para-hydroxylation sites is 1. The van der Waals surface area contributed by atoms with Crippen molar-refractivity contribution >= 4 is 27.3 Å². The molecule has 0 aliphatic heterocycles. The Kier molecular flexibility index (Phi) is 6.65. The first-order valence-electron chi connectivity index (χ1n) is 9.03. The van der Waals surface area contributed by atoms with Crippen molar-refractivity contribution in [1.29, 1.82) is 0 Å². The van der Waals surface area contributed by atoms with Gasteiger partial charge in [-0.1, -0.05) is 49.7 Å². The standard InChI is InChI=1S/C21H28N2O3S/c1-15(2)19-8-6-7-17(4)21(19)22-20(24)13-14-23(27(5,25)26)18-11-9-16(3)10-12-18/h6-12,15H,13-14H2,1-5H3,(H,22,24). The molecule has 1 amide bonds. The number of benzene rings is 2. The summed E-state index contributed by atoms with van der Waals surface area (Å²) in [5.74, 6) is 0.0761. The molecule has 0 aliphatic carbocycles. The molecule has 6 heteroatoms. The Balaban J connectivity index is 2.14. The SMILES string of the molecule is Cc1ccc(N(CCC(=O)Nc2c(C)cccc2C(C)C)S(C)(=O)=O)cc1. The topological polar surface area (TPSA) is 66.5 Å². The van der Waals surface area contributed by atoms with Gasteiger partial charge in [-0.3, -0.25) is 9.10 Å². The first-order chi connectivity index (χ1) is 12.6. The molecule has 5 nitrogen and oxygen atoms in total. The molecule has 0 saturated carbocycles. The van der Waals surface area contributed by atoms with Gasteiger partial charge in [0.05, 0.1) is 11.9 Å². The van der Waals surface area contributed by atoms with Crippen molar-refractivity contribution in [1.82, 2.24) is 0 Å². The zero-order valence-electron chi connectivity index (χ0n) is 16.6.